The average molecular weight is 537 g/mol. The summed E-state index contributed by atoms with van der Waals surface area (Å²) in [5, 5.41) is 4.49. The van der Waals surface area contributed by atoms with Gasteiger partial charge in [0.1, 0.15) is 0 Å². The topological polar surface area (TPSA) is 24.7 Å². The van der Waals surface area contributed by atoms with Crippen molar-refractivity contribution in [2.24, 2.45) is 9.98 Å². The van der Waals surface area contributed by atoms with Crippen LogP contribution in [0.1, 0.15) is 22.3 Å². The molecular weight excluding hydrogens is 508 g/mol. The number of nitrogens with zero attached hydrogens (tertiary/aromatic N) is 2. The largest absolute Gasteiger partial charge is 0.247 e. The summed E-state index contributed by atoms with van der Waals surface area (Å²) in [6.07, 6.45) is 0. The summed E-state index contributed by atoms with van der Waals surface area (Å²) in [5.41, 5.74) is 8.11. The minimum Gasteiger partial charge on any atom is -0.247 e. The van der Waals surface area contributed by atoms with Crippen LogP contribution < -0.4 is 0 Å². The highest BCUT2D eigenvalue weighted by Crippen LogP contribution is 2.35. The minimum atomic E-state index is 0.933. The highest BCUT2D eigenvalue weighted by atomic mass is 14.8. The van der Waals surface area contributed by atoms with Crippen LogP contribution in [-0.4, -0.2) is 11.4 Å². The zero-order valence-corrected chi connectivity index (χ0v) is 23.1. The lowest BCUT2D eigenvalue weighted by atomic mass is 9.99. The van der Waals surface area contributed by atoms with E-state index in [9.17, 15) is 0 Å². The van der Waals surface area contributed by atoms with Gasteiger partial charge >= 0.3 is 0 Å². The third-order valence-corrected chi connectivity index (χ3v) is 7.49. The van der Waals surface area contributed by atoms with Gasteiger partial charge in [-0.05, 0) is 35.0 Å². The third kappa shape index (κ3) is 5.14. The van der Waals surface area contributed by atoms with Crippen molar-refractivity contribution in [3.05, 3.63) is 192 Å². The molecule has 0 N–H and O–H groups in total. The smallest absolute Gasteiger partial charge is 0.0781 e. The molecule has 0 spiro atoms. The summed E-state index contributed by atoms with van der Waals surface area (Å²) < 4.78 is 0. The first kappa shape index (κ1) is 25.4. The SMILES string of the molecule is c1ccc(C(=Nc2cccc3cc4cccc(N=C(c5ccccc5)c5ccccc5)c4cc23)c2ccccc2)cc1. The van der Waals surface area contributed by atoms with Gasteiger partial charge in [-0.2, -0.15) is 0 Å². The molecule has 7 rings (SSSR count). The predicted molar refractivity (Wildman–Crippen MR) is 178 cm³/mol. The Morgan fingerprint density at radius 3 is 0.976 bits per heavy atom. The lowest BCUT2D eigenvalue weighted by molar-refractivity contribution is 1.49. The first-order chi connectivity index (χ1) is 20.8. The van der Waals surface area contributed by atoms with Crippen LogP contribution in [0, 0.1) is 0 Å². The molecule has 0 aliphatic carbocycles. The minimum absolute atomic E-state index is 0.933. The van der Waals surface area contributed by atoms with E-state index in [1.165, 1.54) is 0 Å². The van der Waals surface area contributed by atoms with Crippen LogP contribution in [0.15, 0.2) is 180 Å². The maximum Gasteiger partial charge on any atom is 0.0781 e. The van der Waals surface area contributed by atoms with Crippen LogP contribution in [0.5, 0.6) is 0 Å². The molecule has 2 heteroatoms. The van der Waals surface area contributed by atoms with E-state index < -0.39 is 0 Å². The molecule has 198 valence electrons. The molecule has 0 radical (unpaired) electrons. The Hall–Kier alpha value is -5.60. The van der Waals surface area contributed by atoms with Crippen molar-refractivity contribution in [3.63, 3.8) is 0 Å². The summed E-state index contributed by atoms with van der Waals surface area (Å²) >= 11 is 0. The average Bonchev–Trinajstić information content (AvgIpc) is 3.07. The number of rotatable bonds is 6. The van der Waals surface area contributed by atoms with Crippen LogP contribution >= 0.6 is 0 Å². The number of fused-ring (bicyclic) bond motifs is 2. The Morgan fingerprint density at radius 1 is 0.310 bits per heavy atom. The fourth-order valence-corrected chi connectivity index (χ4v) is 5.43. The highest BCUT2D eigenvalue weighted by molar-refractivity contribution is 6.17. The Labute approximate surface area is 246 Å². The Bertz CT molecular complexity index is 1810. The zero-order chi connectivity index (χ0) is 28.1. The standard InChI is InChI=1S/C40H28N2/c1-5-15-29(16-6-1)39(30-17-7-2-8-18-30)41-37-25-13-23-33-27-34-24-14-26-38(36(34)28-35(33)37)42-40(31-19-9-3-10-20-31)32-21-11-4-12-22-32/h1-28H. The normalized spacial score (nSPS) is 10.9. The van der Waals surface area contributed by atoms with Crippen LogP contribution in [0.3, 0.4) is 0 Å². The molecule has 0 heterocycles. The second-order valence-electron chi connectivity index (χ2n) is 10.2. The van der Waals surface area contributed by atoms with E-state index in [4.69, 9.17) is 9.98 Å². The molecule has 0 bridgehead atoms. The van der Waals surface area contributed by atoms with Crippen molar-refractivity contribution in [3.8, 4) is 0 Å². The van der Waals surface area contributed by atoms with Crippen molar-refractivity contribution in [2.75, 3.05) is 0 Å². The molecule has 0 aliphatic heterocycles. The lowest BCUT2D eigenvalue weighted by Gasteiger charge is -2.12. The van der Waals surface area contributed by atoms with E-state index in [1.54, 1.807) is 0 Å². The molecule has 0 aromatic heterocycles. The molecule has 0 atom stereocenters. The maximum absolute atomic E-state index is 5.30. The van der Waals surface area contributed by atoms with Gasteiger partial charge in [0.25, 0.3) is 0 Å². The molecule has 0 saturated heterocycles. The second-order valence-corrected chi connectivity index (χ2v) is 10.2. The molecule has 0 saturated carbocycles. The van der Waals surface area contributed by atoms with Crippen molar-refractivity contribution in [2.45, 2.75) is 0 Å². The summed E-state index contributed by atoms with van der Waals surface area (Å²) in [7, 11) is 0. The van der Waals surface area contributed by atoms with Crippen LogP contribution in [-0.2, 0) is 0 Å². The third-order valence-electron chi connectivity index (χ3n) is 7.49. The molecule has 2 nitrogen and oxygen atoms in total. The first-order valence-electron chi connectivity index (χ1n) is 14.2. The van der Waals surface area contributed by atoms with E-state index in [1.807, 2.05) is 24.3 Å². The summed E-state index contributed by atoms with van der Waals surface area (Å²) in [6, 6.07) is 58.8. The van der Waals surface area contributed by atoms with Crippen molar-refractivity contribution in [1.82, 2.24) is 0 Å². The van der Waals surface area contributed by atoms with Crippen molar-refractivity contribution < 1.29 is 0 Å². The number of hydrogen-bond donors (Lipinski definition) is 0. The molecule has 0 unspecified atom stereocenters. The maximum atomic E-state index is 5.30. The monoisotopic (exact) mass is 536 g/mol. The fourth-order valence-electron chi connectivity index (χ4n) is 5.43. The predicted octanol–water partition coefficient (Wildman–Crippen LogP) is 10.3. The molecule has 0 aliphatic rings. The Balaban J connectivity index is 1.45. The molecular formula is C40H28N2. The van der Waals surface area contributed by atoms with Crippen LogP contribution in [0.25, 0.3) is 21.5 Å². The van der Waals surface area contributed by atoms with Gasteiger partial charge < -0.3 is 0 Å². The van der Waals surface area contributed by atoms with Crippen molar-refractivity contribution in [1.29, 1.82) is 0 Å². The molecule has 7 aromatic rings. The van der Waals surface area contributed by atoms with Gasteiger partial charge in [-0.3, -0.25) is 0 Å². The van der Waals surface area contributed by atoms with E-state index in [-0.39, 0.29) is 0 Å². The van der Waals surface area contributed by atoms with Gasteiger partial charge in [0, 0.05) is 33.0 Å². The van der Waals surface area contributed by atoms with E-state index in [2.05, 4.69) is 146 Å². The summed E-state index contributed by atoms with van der Waals surface area (Å²) in [5.74, 6) is 0. The van der Waals surface area contributed by atoms with E-state index >= 15 is 0 Å². The molecule has 7 aromatic carbocycles. The Kier molecular flexibility index (Phi) is 6.94. The highest BCUT2D eigenvalue weighted by Gasteiger charge is 2.12. The Morgan fingerprint density at radius 2 is 0.643 bits per heavy atom. The van der Waals surface area contributed by atoms with Gasteiger partial charge in [0.15, 0.2) is 0 Å². The first-order valence-corrected chi connectivity index (χ1v) is 14.2. The number of benzene rings is 7. The quantitative estimate of drug-likeness (QED) is 0.149. The van der Waals surface area contributed by atoms with E-state index in [0.29, 0.717) is 0 Å². The summed E-state index contributed by atoms with van der Waals surface area (Å²) in [4.78, 5) is 10.6. The summed E-state index contributed by atoms with van der Waals surface area (Å²) in [6.45, 7) is 0. The molecule has 42 heavy (non-hydrogen) atoms. The van der Waals surface area contributed by atoms with Gasteiger partial charge in [-0.1, -0.05) is 146 Å². The zero-order valence-electron chi connectivity index (χ0n) is 23.1. The van der Waals surface area contributed by atoms with Crippen LogP contribution in [0.4, 0.5) is 11.4 Å². The number of aliphatic imine (C=N–C) groups is 2. The van der Waals surface area contributed by atoms with Gasteiger partial charge in [0.05, 0.1) is 22.8 Å². The van der Waals surface area contributed by atoms with Gasteiger partial charge in [-0.25, -0.2) is 9.98 Å². The van der Waals surface area contributed by atoms with Gasteiger partial charge in [-0.15, -0.1) is 0 Å². The van der Waals surface area contributed by atoms with E-state index in [0.717, 1.165) is 66.6 Å². The number of hydrogen-bond acceptors (Lipinski definition) is 2. The molecule has 0 fully saturated rings. The fraction of sp³-hybridized carbons (Fsp3) is 0. The van der Waals surface area contributed by atoms with Crippen molar-refractivity contribution >= 4 is 44.3 Å². The molecule has 0 amide bonds. The second kappa shape index (κ2) is 11.5. The van der Waals surface area contributed by atoms with Crippen LogP contribution in [0.2, 0.25) is 0 Å². The van der Waals surface area contributed by atoms with Gasteiger partial charge in [0.2, 0.25) is 0 Å². The lowest BCUT2D eigenvalue weighted by Crippen LogP contribution is -2.02.